The summed E-state index contributed by atoms with van der Waals surface area (Å²) >= 11 is 13.8. The molecule has 0 unspecified atom stereocenters. The number of fused-ring (bicyclic) bond motifs is 1. The molecule has 0 amide bonds. The zero-order valence-corrected chi connectivity index (χ0v) is 22.5. The van der Waals surface area contributed by atoms with E-state index in [9.17, 15) is 14.7 Å². The maximum atomic E-state index is 13.2. The van der Waals surface area contributed by atoms with Crippen molar-refractivity contribution in [2.45, 2.75) is 52.0 Å². The standard InChI is InChI=1S/C28H28Cl2N2O3S/c1-3-20(4-2)32-25-10-8-18(14-24(25)31-27(32)16-21-6-5-11-36-21)26(33)15-19(28(34)35)12-17-7-9-22(29)23(30)13-17/h5-11,13-14,19-20H,3-4,12,15-16H2,1-2H3,(H,34,35)/t19-/m1/s1. The summed E-state index contributed by atoms with van der Waals surface area (Å²) in [5.41, 5.74) is 2.95. The number of hydrogen-bond acceptors (Lipinski definition) is 4. The third-order valence-corrected chi connectivity index (χ3v) is 8.17. The highest BCUT2D eigenvalue weighted by molar-refractivity contribution is 7.09. The van der Waals surface area contributed by atoms with Crippen molar-refractivity contribution in [2.75, 3.05) is 0 Å². The maximum absolute atomic E-state index is 13.2. The first-order valence-corrected chi connectivity index (χ1v) is 13.7. The van der Waals surface area contributed by atoms with Crippen molar-refractivity contribution in [3.63, 3.8) is 0 Å². The summed E-state index contributed by atoms with van der Waals surface area (Å²) < 4.78 is 2.30. The summed E-state index contributed by atoms with van der Waals surface area (Å²) in [5, 5.41) is 12.6. The lowest BCUT2D eigenvalue weighted by Gasteiger charge is -2.19. The number of Topliss-reactive ketones (excluding diaryl/α,β-unsaturated/α-hetero) is 1. The number of nitrogens with zero attached hydrogens (tertiary/aromatic N) is 2. The molecule has 188 valence electrons. The van der Waals surface area contributed by atoms with Crippen LogP contribution < -0.4 is 0 Å². The second-order valence-electron chi connectivity index (χ2n) is 8.94. The Balaban J connectivity index is 1.61. The number of hydrogen-bond donors (Lipinski definition) is 1. The molecule has 8 heteroatoms. The molecule has 0 saturated heterocycles. The van der Waals surface area contributed by atoms with Gasteiger partial charge in [-0.1, -0.05) is 49.2 Å². The minimum atomic E-state index is -1.02. The molecule has 36 heavy (non-hydrogen) atoms. The van der Waals surface area contributed by atoms with Crippen LogP contribution in [-0.2, 0) is 17.6 Å². The van der Waals surface area contributed by atoms with E-state index in [-0.39, 0.29) is 18.6 Å². The van der Waals surface area contributed by atoms with Crippen LogP contribution in [0.25, 0.3) is 11.0 Å². The van der Waals surface area contributed by atoms with Gasteiger partial charge in [0.25, 0.3) is 0 Å². The van der Waals surface area contributed by atoms with Gasteiger partial charge >= 0.3 is 5.97 Å². The third kappa shape index (κ3) is 5.83. The predicted octanol–water partition coefficient (Wildman–Crippen LogP) is 7.87. The molecule has 1 N–H and O–H groups in total. The highest BCUT2D eigenvalue weighted by atomic mass is 35.5. The van der Waals surface area contributed by atoms with Crippen LogP contribution in [-0.4, -0.2) is 26.4 Å². The van der Waals surface area contributed by atoms with Gasteiger partial charge in [-0.15, -0.1) is 11.3 Å². The van der Waals surface area contributed by atoms with Gasteiger partial charge in [0.1, 0.15) is 5.82 Å². The van der Waals surface area contributed by atoms with Gasteiger partial charge in [-0.05, 0) is 66.6 Å². The molecule has 0 aliphatic rings. The van der Waals surface area contributed by atoms with Gasteiger partial charge in [-0.3, -0.25) is 9.59 Å². The number of ketones is 1. The lowest BCUT2D eigenvalue weighted by atomic mass is 9.92. The molecule has 2 aromatic heterocycles. The molecule has 0 fully saturated rings. The second-order valence-corrected chi connectivity index (χ2v) is 10.8. The van der Waals surface area contributed by atoms with E-state index in [1.54, 1.807) is 41.7 Å². The number of carboxylic acids is 1. The van der Waals surface area contributed by atoms with E-state index in [1.165, 1.54) is 4.88 Å². The number of aromatic nitrogens is 2. The van der Waals surface area contributed by atoms with Gasteiger partial charge in [0, 0.05) is 29.3 Å². The highest BCUT2D eigenvalue weighted by Crippen LogP contribution is 2.29. The van der Waals surface area contributed by atoms with Crippen LogP contribution >= 0.6 is 34.5 Å². The minimum absolute atomic E-state index is 0.115. The fourth-order valence-electron chi connectivity index (χ4n) is 4.62. The normalized spacial score (nSPS) is 12.4. The number of imidazole rings is 1. The van der Waals surface area contributed by atoms with Crippen molar-refractivity contribution in [1.82, 2.24) is 9.55 Å². The van der Waals surface area contributed by atoms with Crippen LogP contribution in [0.3, 0.4) is 0 Å². The summed E-state index contributed by atoms with van der Waals surface area (Å²) in [7, 11) is 0. The number of aliphatic carboxylic acids is 1. The molecule has 0 radical (unpaired) electrons. The molecular formula is C28H28Cl2N2O3S. The molecule has 0 saturated carbocycles. The number of rotatable bonds is 11. The summed E-state index contributed by atoms with van der Waals surface area (Å²) in [6.07, 6.45) is 2.77. The Bertz CT molecular complexity index is 1380. The molecule has 5 nitrogen and oxygen atoms in total. The zero-order valence-electron chi connectivity index (χ0n) is 20.2. The van der Waals surface area contributed by atoms with Crippen LogP contribution in [0.4, 0.5) is 0 Å². The Labute approximate surface area is 224 Å². The third-order valence-electron chi connectivity index (χ3n) is 6.55. The van der Waals surface area contributed by atoms with Crippen molar-refractivity contribution in [1.29, 1.82) is 0 Å². The molecule has 1 atom stereocenters. The Morgan fingerprint density at radius 1 is 1.06 bits per heavy atom. The van der Waals surface area contributed by atoms with E-state index < -0.39 is 11.9 Å². The average Bonchev–Trinajstić information content (AvgIpc) is 3.49. The average molecular weight is 544 g/mol. The molecule has 0 aliphatic carbocycles. The number of carbonyl (C=O) groups is 2. The van der Waals surface area contributed by atoms with Crippen molar-refractivity contribution < 1.29 is 14.7 Å². The Hall–Kier alpha value is -2.67. The Morgan fingerprint density at radius 2 is 1.83 bits per heavy atom. The molecule has 0 aliphatic heterocycles. The van der Waals surface area contributed by atoms with E-state index in [0.717, 1.165) is 41.7 Å². The monoisotopic (exact) mass is 542 g/mol. The lowest BCUT2D eigenvalue weighted by molar-refractivity contribution is -0.141. The van der Waals surface area contributed by atoms with Gasteiger partial charge in [0.05, 0.1) is 27.0 Å². The van der Waals surface area contributed by atoms with Crippen molar-refractivity contribution in [2.24, 2.45) is 5.92 Å². The fraction of sp³-hybridized carbons (Fsp3) is 0.321. The van der Waals surface area contributed by atoms with Crippen LogP contribution in [0.15, 0.2) is 53.9 Å². The van der Waals surface area contributed by atoms with Crippen LogP contribution in [0, 0.1) is 5.92 Å². The molecule has 0 spiro atoms. The zero-order chi connectivity index (χ0) is 25.8. The van der Waals surface area contributed by atoms with Crippen LogP contribution in [0.2, 0.25) is 10.0 Å². The molecule has 4 aromatic rings. The Kier molecular flexibility index (Phi) is 8.50. The van der Waals surface area contributed by atoms with Crippen LogP contribution in [0.1, 0.15) is 65.8 Å². The van der Waals surface area contributed by atoms with Crippen LogP contribution in [0.5, 0.6) is 0 Å². The first kappa shape index (κ1) is 26.4. The second kappa shape index (κ2) is 11.6. The van der Waals surface area contributed by atoms with Gasteiger partial charge in [0.15, 0.2) is 5.78 Å². The molecular weight excluding hydrogens is 515 g/mol. The molecule has 4 rings (SSSR count). The van der Waals surface area contributed by atoms with E-state index in [0.29, 0.717) is 21.7 Å². The van der Waals surface area contributed by atoms with Crippen molar-refractivity contribution in [3.8, 4) is 0 Å². The van der Waals surface area contributed by atoms with Gasteiger partial charge in [0.2, 0.25) is 0 Å². The molecule has 2 aromatic carbocycles. The van der Waals surface area contributed by atoms with E-state index in [1.807, 2.05) is 12.1 Å². The smallest absolute Gasteiger partial charge is 0.307 e. The van der Waals surface area contributed by atoms with E-state index in [2.05, 4.69) is 29.9 Å². The first-order valence-electron chi connectivity index (χ1n) is 12.0. The van der Waals surface area contributed by atoms with E-state index in [4.69, 9.17) is 28.2 Å². The number of benzene rings is 2. The lowest BCUT2D eigenvalue weighted by Crippen LogP contribution is -2.20. The molecule has 0 bridgehead atoms. The SMILES string of the molecule is CCC(CC)n1c(Cc2cccs2)nc2cc(C(=O)C[C@@H](Cc3ccc(Cl)c(Cl)c3)C(=O)O)ccc21. The summed E-state index contributed by atoms with van der Waals surface area (Å²) in [4.78, 5) is 31.3. The van der Waals surface area contributed by atoms with Gasteiger partial charge < -0.3 is 9.67 Å². The summed E-state index contributed by atoms with van der Waals surface area (Å²) in [5.74, 6) is -1.14. The number of carbonyl (C=O) groups excluding carboxylic acids is 1. The van der Waals surface area contributed by atoms with Crippen molar-refractivity contribution >= 4 is 57.3 Å². The minimum Gasteiger partial charge on any atom is -0.481 e. The van der Waals surface area contributed by atoms with Crippen molar-refractivity contribution in [3.05, 3.63) is 85.8 Å². The summed E-state index contributed by atoms with van der Waals surface area (Å²) in [6.45, 7) is 4.35. The quantitative estimate of drug-likeness (QED) is 0.195. The number of halogens is 2. The first-order chi connectivity index (χ1) is 17.3. The predicted molar refractivity (Wildman–Crippen MR) is 147 cm³/mol. The number of thiophene rings is 1. The highest BCUT2D eigenvalue weighted by Gasteiger charge is 2.24. The topological polar surface area (TPSA) is 72.2 Å². The van der Waals surface area contributed by atoms with Gasteiger partial charge in [-0.2, -0.15) is 0 Å². The number of carboxylic acid groups (broad SMARTS) is 1. The summed E-state index contributed by atoms with van der Waals surface area (Å²) in [6, 6.07) is 15.0. The molecule has 2 heterocycles. The fourth-order valence-corrected chi connectivity index (χ4v) is 5.64. The van der Waals surface area contributed by atoms with E-state index >= 15 is 0 Å². The Morgan fingerprint density at radius 3 is 2.47 bits per heavy atom. The largest absolute Gasteiger partial charge is 0.481 e. The van der Waals surface area contributed by atoms with Gasteiger partial charge in [-0.25, -0.2) is 4.98 Å². The maximum Gasteiger partial charge on any atom is 0.307 e.